The lowest BCUT2D eigenvalue weighted by molar-refractivity contribution is -0.132. The summed E-state index contributed by atoms with van der Waals surface area (Å²) in [4.78, 5) is 31.4. The zero-order valence-corrected chi connectivity index (χ0v) is 18.5. The van der Waals surface area contributed by atoms with Crippen LogP contribution < -0.4 is 4.80 Å². The molecule has 0 bridgehead atoms. The van der Waals surface area contributed by atoms with E-state index in [1.165, 1.54) is 28.7 Å². The van der Waals surface area contributed by atoms with E-state index in [1.54, 1.807) is 4.90 Å². The molecule has 0 unspecified atom stereocenters. The van der Waals surface area contributed by atoms with Gasteiger partial charge in [0.1, 0.15) is 0 Å². The number of aryl methyl sites for hydroxylation is 1. The second-order valence-corrected chi connectivity index (χ2v) is 8.69. The molecule has 7 nitrogen and oxygen atoms in total. The van der Waals surface area contributed by atoms with Gasteiger partial charge in [0, 0.05) is 26.2 Å². The molecule has 158 valence electrons. The predicted molar refractivity (Wildman–Crippen MR) is 116 cm³/mol. The summed E-state index contributed by atoms with van der Waals surface area (Å²) >= 11 is 2.82. The Morgan fingerprint density at radius 1 is 1.28 bits per heavy atom. The summed E-state index contributed by atoms with van der Waals surface area (Å²) in [5.74, 6) is 0.305. The summed E-state index contributed by atoms with van der Waals surface area (Å²) < 4.78 is 13.9. The number of ether oxygens (including phenoxy) is 2. The molecule has 0 atom stereocenters. The first kappa shape index (κ1) is 22.0. The van der Waals surface area contributed by atoms with Crippen LogP contribution >= 0.6 is 23.1 Å². The highest BCUT2D eigenvalue weighted by molar-refractivity contribution is 8.00. The van der Waals surface area contributed by atoms with Gasteiger partial charge in [0.25, 0.3) is 5.91 Å². The van der Waals surface area contributed by atoms with Crippen LogP contribution in [0.5, 0.6) is 0 Å². The Bertz CT molecular complexity index is 916. The standard InChI is InChI=1S/C20H27N3O4S2/c1-3-26-11-8-23-16-5-4-15(2)12-17(16)29-20(23)21-18(24)13-28-14-19(25)22-6-9-27-10-7-22/h4-5,12H,3,6-11,13-14H2,1-2H3. The van der Waals surface area contributed by atoms with Crippen molar-refractivity contribution in [3.63, 3.8) is 0 Å². The molecule has 2 aromatic rings. The van der Waals surface area contributed by atoms with E-state index in [1.807, 2.05) is 18.4 Å². The number of rotatable bonds is 8. The number of morpholine rings is 1. The van der Waals surface area contributed by atoms with Crippen LogP contribution in [-0.2, 0) is 25.6 Å². The van der Waals surface area contributed by atoms with E-state index in [-0.39, 0.29) is 23.3 Å². The summed E-state index contributed by atoms with van der Waals surface area (Å²) in [5, 5.41) is 0. The third kappa shape index (κ3) is 6.15. The average molecular weight is 438 g/mol. The van der Waals surface area contributed by atoms with Crippen molar-refractivity contribution in [2.24, 2.45) is 4.99 Å². The molecule has 1 aliphatic rings. The van der Waals surface area contributed by atoms with Crippen molar-refractivity contribution in [2.45, 2.75) is 20.4 Å². The summed E-state index contributed by atoms with van der Waals surface area (Å²) in [6.45, 7) is 8.29. The minimum atomic E-state index is -0.224. The van der Waals surface area contributed by atoms with E-state index >= 15 is 0 Å². The monoisotopic (exact) mass is 437 g/mol. The molecule has 0 spiro atoms. The van der Waals surface area contributed by atoms with Crippen molar-refractivity contribution in [1.82, 2.24) is 9.47 Å². The SMILES string of the molecule is CCOCCn1c(=NC(=O)CSCC(=O)N2CCOCC2)sc2cc(C)ccc21. The van der Waals surface area contributed by atoms with Crippen molar-refractivity contribution in [3.8, 4) is 0 Å². The Labute approximate surface area is 178 Å². The molecule has 1 aliphatic heterocycles. The normalized spacial score (nSPS) is 15.2. The van der Waals surface area contributed by atoms with Gasteiger partial charge in [0.2, 0.25) is 5.91 Å². The fourth-order valence-electron chi connectivity index (χ4n) is 3.05. The topological polar surface area (TPSA) is 73.1 Å². The first-order valence-corrected chi connectivity index (χ1v) is 11.7. The van der Waals surface area contributed by atoms with E-state index in [4.69, 9.17) is 9.47 Å². The number of benzene rings is 1. The third-order valence-corrected chi connectivity index (χ3v) is 6.48. The fraction of sp³-hybridized carbons (Fsp3) is 0.550. The van der Waals surface area contributed by atoms with Crippen molar-refractivity contribution in [3.05, 3.63) is 28.6 Å². The summed E-state index contributed by atoms with van der Waals surface area (Å²) in [5.41, 5.74) is 2.23. The molecular weight excluding hydrogens is 410 g/mol. The van der Waals surface area contributed by atoms with E-state index in [0.29, 0.717) is 50.9 Å². The lowest BCUT2D eigenvalue weighted by Crippen LogP contribution is -2.41. The van der Waals surface area contributed by atoms with Crippen LogP contribution in [0.1, 0.15) is 12.5 Å². The molecule has 3 rings (SSSR count). The van der Waals surface area contributed by atoms with Gasteiger partial charge in [-0.2, -0.15) is 4.99 Å². The molecule has 1 fully saturated rings. The molecule has 29 heavy (non-hydrogen) atoms. The lowest BCUT2D eigenvalue weighted by atomic mass is 10.2. The van der Waals surface area contributed by atoms with Crippen LogP contribution in [0.25, 0.3) is 10.2 Å². The zero-order chi connectivity index (χ0) is 20.6. The van der Waals surface area contributed by atoms with Gasteiger partial charge in [-0.05, 0) is 31.5 Å². The van der Waals surface area contributed by atoms with Crippen LogP contribution in [0.15, 0.2) is 23.2 Å². The molecule has 2 heterocycles. The van der Waals surface area contributed by atoms with Crippen LogP contribution in [0.4, 0.5) is 0 Å². The average Bonchev–Trinajstić information content (AvgIpc) is 3.04. The first-order valence-electron chi connectivity index (χ1n) is 9.77. The number of amides is 2. The Hall–Kier alpha value is -1.68. The van der Waals surface area contributed by atoms with Gasteiger partial charge < -0.3 is 18.9 Å². The highest BCUT2D eigenvalue weighted by Crippen LogP contribution is 2.19. The predicted octanol–water partition coefficient (Wildman–Crippen LogP) is 2.07. The number of hydrogen-bond acceptors (Lipinski definition) is 6. The van der Waals surface area contributed by atoms with Gasteiger partial charge in [-0.3, -0.25) is 9.59 Å². The Kier molecular flexibility index (Phi) is 8.29. The maximum Gasteiger partial charge on any atom is 0.258 e. The van der Waals surface area contributed by atoms with Crippen LogP contribution in [0.2, 0.25) is 0 Å². The molecular formula is C20H27N3O4S2. The number of thioether (sulfide) groups is 1. The van der Waals surface area contributed by atoms with Gasteiger partial charge in [-0.25, -0.2) is 0 Å². The molecule has 1 aromatic heterocycles. The molecule has 9 heteroatoms. The maximum absolute atomic E-state index is 12.4. The van der Waals surface area contributed by atoms with Gasteiger partial charge in [0.15, 0.2) is 4.80 Å². The van der Waals surface area contributed by atoms with Crippen LogP contribution in [-0.4, -0.2) is 72.3 Å². The largest absolute Gasteiger partial charge is 0.380 e. The van der Waals surface area contributed by atoms with Gasteiger partial charge in [-0.1, -0.05) is 17.4 Å². The first-order chi connectivity index (χ1) is 14.1. The summed E-state index contributed by atoms with van der Waals surface area (Å²) in [7, 11) is 0. The second-order valence-electron chi connectivity index (χ2n) is 6.70. The Balaban J connectivity index is 1.66. The maximum atomic E-state index is 12.4. The zero-order valence-electron chi connectivity index (χ0n) is 16.9. The molecule has 0 N–H and O–H groups in total. The highest BCUT2D eigenvalue weighted by Gasteiger charge is 2.17. The lowest BCUT2D eigenvalue weighted by Gasteiger charge is -2.26. The minimum Gasteiger partial charge on any atom is -0.380 e. The summed E-state index contributed by atoms with van der Waals surface area (Å²) in [6, 6.07) is 6.23. The molecule has 0 saturated carbocycles. The Morgan fingerprint density at radius 2 is 2.07 bits per heavy atom. The molecule has 2 amide bonds. The van der Waals surface area contributed by atoms with Crippen molar-refractivity contribution >= 4 is 45.1 Å². The van der Waals surface area contributed by atoms with Crippen molar-refractivity contribution in [1.29, 1.82) is 0 Å². The smallest absolute Gasteiger partial charge is 0.258 e. The fourth-order valence-corrected chi connectivity index (χ4v) is 4.92. The molecule has 1 aromatic carbocycles. The van der Waals surface area contributed by atoms with E-state index in [2.05, 4.69) is 23.2 Å². The summed E-state index contributed by atoms with van der Waals surface area (Å²) in [6.07, 6.45) is 0. The number of aromatic nitrogens is 1. The number of nitrogens with zero attached hydrogens (tertiary/aromatic N) is 3. The second kappa shape index (κ2) is 10.9. The van der Waals surface area contributed by atoms with E-state index in [0.717, 1.165) is 10.2 Å². The third-order valence-electron chi connectivity index (χ3n) is 4.54. The molecule has 0 radical (unpaired) electrons. The number of carbonyl (C=O) groups excluding carboxylic acids is 2. The highest BCUT2D eigenvalue weighted by atomic mass is 32.2. The van der Waals surface area contributed by atoms with Gasteiger partial charge in [0.05, 0.1) is 41.5 Å². The van der Waals surface area contributed by atoms with Gasteiger partial charge >= 0.3 is 0 Å². The minimum absolute atomic E-state index is 0.0511. The number of thiazole rings is 1. The van der Waals surface area contributed by atoms with Crippen LogP contribution in [0, 0.1) is 6.92 Å². The van der Waals surface area contributed by atoms with Crippen molar-refractivity contribution in [2.75, 3.05) is 51.0 Å². The van der Waals surface area contributed by atoms with Gasteiger partial charge in [-0.15, -0.1) is 11.8 Å². The van der Waals surface area contributed by atoms with E-state index < -0.39 is 0 Å². The quantitative estimate of drug-likeness (QED) is 0.591. The van der Waals surface area contributed by atoms with E-state index in [9.17, 15) is 9.59 Å². The van der Waals surface area contributed by atoms with Crippen LogP contribution in [0.3, 0.4) is 0 Å². The Morgan fingerprint density at radius 3 is 2.83 bits per heavy atom. The number of fused-ring (bicyclic) bond motifs is 1. The molecule has 1 saturated heterocycles. The number of carbonyl (C=O) groups is 2. The van der Waals surface area contributed by atoms with Crippen molar-refractivity contribution < 1.29 is 19.1 Å². The number of hydrogen-bond donors (Lipinski definition) is 0. The molecule has 0 aliphatic carbocycles.